The van der Waals surface area contributed by atoms with Gasteiger partial charge in [0.05, 0.1) is 11.5 Å². The third-order valence-electron chi connectivity index (χ3n) is 2.09. The van der Waals surface area contributed by atoms with Gasteiger partial charge >= 0.3 is 0 Å². The SMILES string of the molecule is Cl.NCC(=O)NCCc1ccccc1[N+](=O)[O-]. The van der Waals surface area contributed by atoms with E-state index >= 15 is 0 Å². The minimum Gasteiger partial charge on any atom is -0.355 e. The molecular weight excluding hydrogens is 246 g/mol. The summed E-state index contributed by atoms with van der Waals surface area (Å²) in [5, 5.41) is 13.2. The first-order valence-electron chi connectivity index (χ1n) is 4.84. The van der Waals surface area contributed by atoms with Crippen molar-refractivity contribution in [2.45, 2.75) is 6.42 Å². The normalized spacial score (nSPS) is 9.24. The molecule has 1 aromatic carbocycles. The van der Waals surface area contributed by atoms with Crippen molar-refractivity contribution in [3.63, 3.8) is 0 Å². The Kier molecular flexibility index (Phi) is 6.85. The van der Waals surface area contributed by atoms with Crippen molar-refractivity contribution < 1.29 is 9.72 Å². The minimum atomic E-state index is -0.430. The Morgan fingerprint density at radius 3 is 2.65 bits per heavy atom. The van der Waals surface area contributed by atoms with Gasteiger partial charge in [-0.15, -0.1) is 12.4 Å². The van der Waals surface area contributed by atoms with E-state index in [1.54, 1.807) is 18.2 Å². The maximum atomic E-state index is 10.9. The van der Waals surface area contributed by atoms with Gasteiger partial charge in [0.25, 0.3) is 5.69 Å². The molecule has 0 bridgehead atoms. The summed E-state index contributed by atoms with van der Waals surface area (Å²) >= 11 is 0. The Balaban J connectivity index is 0.00000256. The molecule has 1 rings (SSSR count). The molecule has 7 heteroatoms. The number of para-hydroxylation sites is 1. The number of hydrogen-bond acceptors (Lipinski definition) is 4. The van der Waals surface area contributed by atoms with Crippen LogP contribution in [0.5, 0.6) is 0 Å². The highest BCUT2D eigenvalue weighted by atomic mass is 35.5. The molecule has 0 saturated heterocycles. The molecule has 1 amide bonds. The van der Waals surface area contributed by atoms with Crippen LogP contribution in [-0.2, 0) is 11.2 Å². The molecule has 3 N–H and O–H groups in total. The van der Waals surface area contributed by atoms with E-state index in [9.17, 15) is 14.9 Å². The molecule has 0 saturated carbocycles. The second-order valence-corrected chi connectivity index (χ2v) is 3.19. The van der Waals surface area contributed by atoms with Crippen molar-refractivity contribution in [1.82, 2.24) is 5.32 Å². The van der Waals surface area contributed by atoms with Gasteiger partial charge in [-0.05, 0) is 6.42 Å². The van der Waals surface area contributed by atoms with Gasteiger partial charge in [-0.3, -0.25) is 14.9 Å². The van der Waals surface area contributed by atoms with Crippen LogP contribution in [0.4, 0.5) is 5.69 Å². The van der Waals surface area contributed by atoms with E-state index in [-0.39, 0.29) is 30.5 Å². The predicted octanol–water partition coefficient (Wildman–Crippen LogP) is 0.634. The first-order valence-corrected chi connectivity index (χ1v) is 4.84. The van der Waals surface area contributed by atoms with Gasteiger partial charge < -0.3 is 11.1 Å². The predicted molar refractivity (Wildman–Crippen MR) is 66.1 cm³/mol. The second kappa shape index (κ2) is 7.59. The Labute approximate surface area is 105 Å². The van der Waals surface area contributed by atoms with Gasteiger partial charge in [0.2, 0.25) is 5.91 Å². The number of nitrogens with one attached hydrogen (secondary N) is 1. The topological polar surface area (TPSA) is 98.3 Å². The van der Waals surface area contributed by atoms with Gasteiger partial charge in [0.1, 0.15) is 0 Å². The number of nitro groups is 1. The molecule has 0 aromatic heterocycles. The number of benzene rings is 1. The molecule has 17 heavy (non-hydrogen) atoms. The summed E-state index contributed by atoms with van der Waals surface area (Å²) in [5.41, 5.74) is 5.78. The summed E-state index contributed by atoms with van der Waals surface area (Å²) < 4.78 is 0. The molecule has 0 aliphatic heterocycles. The van der Waals surface area contributed by atoms with Crippen LogP contribution in [0.25, 0.3) is 0 Å². The zero-order valence-electron chi connectivity index (χ0n) is 9.09. The minimum absolute atomic E-state index is 0. The fraction of sp³-hybridized carbons (Fsp3) is 0.300. The standard InChI is InChI=1S/C10H13N3O3.ClH/c11-7-10(14)12-6-5-8-3-1-2-4-9(8)13(15)16;/h1-4H,5-7,11H2,(H,12,14);1H. The third-order valence-corrected chi connectivity index (χ3v) is 2.09. The van der Waals surface area contributed by atoms with E-state index < -0.39 is 4.92 Å². The molecule has 0 fully saturated rings. The van der Waals surface area contributed by atoms with Crippen molar-refractivity contribution in [1.29, 1.82) is 0 Å². The fourth-order valence-corrected chi connectivity index (χ4v) is 1.31. The van der Waals surface area contributed by atoms with Crippen LogP contribution in [0.1, 0.15) is 5.56 Å². The summed E-state index contributed by atoms with van der Waals surface area (Å²) in [6.45, 7) is 0.276. The number of nitrogens with zero attached hydrogens (tertiary/aromatic N) is 1. The lowest BCUT2D eigenvalue weighted by Gasteiger charge is -2.04. The van der Waals surface area contributed by atoms with E-state index in [4.69, 9.17) is 5.73 Å². The first-order chi connectivity index (χ1) is 7.65. The molecule has 0 atom stereocenters. The Bertz CT molecular complexity index is 398. The van der Waals surface area contributed by atoms with Gasteiger partial charge in [-0.2, -0.15) is 0 Å². The molecule has 1 aromatic rings. The van der Waals surface area contributed by atoms with Crippen molar-refractivity contribution in [3.8, 4) is 0 Å². The number of carbonyl (C=O) groups is 1. The summed E-state index contributed by atoms with van der Waals surface area (Å²) in [5.74, 6) is -0.265. The largest absolute Gasteiger partial charge is 0.355 e. The van der Waals surface area contributed by atoms with Crippen LogP contribution < -0.4 is 11.1 Å². The highest BCUT2D eigenvalue weighted by Gasteiger charge is 2.11. The fourth-order valence-electron chi connectivity index (χ4n) is 1.31. The summed E-state index contributed by atoms with van der Waals surface area (Å²) in [7, 11) is 0. The Morgan fingerprint density at radius 1 is 1.41 bits per heavy atom. The number of carbonyl (C=O) groups excluding carboxylic acids is 1. The van der Waals surface area contributed by atoms with Crippen LogP contribution in [0.15, 0.2) is 24.3 Å². The number of nitro benzene ring substituents is 1. The number of nitrogens with two attached hydrogens (primary N) is 1. The smallest absolute Gasteiger partial charge is 0.272 e. The average molecular weight is 260 g/mol. The third kappa shape index (κ3) is 4.80. The van der Waals surface area contributed by atoms with Crippen LogP contribution in [-0.4, -0.2) is 23.9 Å². The monoisotopic (exact) mass is 259 g/mol. The van der Waals surface area contributed by atoms with E-state index in [1.165, 1.54) is 6.07 Å². The summed E-state index contributed by atoms with van der Waals surface area (Å²) in [6, 6.07) is 6.46. The number of halogens is 1. The maximum absolute atomic E-state index is 10.9. The molecule has 6 nitrogen and oxygen atoms in total. The molecule has 0 spiro atoms. The Morgan fingerprint density at radius 2 is 2.06 bits per heavy atom. The van der Waals surface area contributed by atoms with Gasteiger partial charge in [-0.1, -0.05) is 18.2 Å². The van der Waals surface area contributed by atoms with Crippen molar-refractivity contribution in [3.05, 3.63) is 39.9 Å². The second-order valence-electron chi connectivity index (χ2n) is 3.19. The van der Waals surface area contributed by atoms with Crippen molar-refractivity contribution >= 4 is 24.0 Å². The van der Waals surface area contributed by atoms with Crippen LogP contribution in [0.3, 0.4) is 0 Å². The molecular formula is C10H14ClN3O3. The molecule has 0 unspecified atom stereocenters. The van der Waals surface area contributed by atoms with Gasteiger partial charge in [0.15, 0.2) is 0 Å². The lowest BCUT2D eigenvalue weighted by atomic mass is 10.1. The highest BCUT2D eigenvalue weighted by Crippen LogP contribution is 2.17. The molecule has 0 aliphatic carbocycles. The lowest BCUT2D eigenvalue weighted by molar-refractivity contribution is -0.385. The van der Waals surface area contributed by atoms with Crippen LogP contribution in [0.2, 0.25) is 0 Å². The van der Waals surface area contributed by atoms with E-state index in [2.05, 4.69) is 5.32 Å². The zero-order chi connectivity index (χ0) is 12.0. The van der Waals surface area contributed by atoms with E-state index in [1.807, 2.05) is 0 Å². The molecule has 0 aliphatic rings. The number of amides is 1. The Hall–Kier alpha value is -1.66. The molecule has 0 radical (unpaired) electrons. The number of rotatable bonds is 5. The summed E-state index contributed by atoms with van der Waals surface area (Å²) in [6.07, 6.45) is 0.420. The zero-order valence-corrected chi connectivity index (χ0v) is 9.90. The molecule has 94 valence electrons. The van der Waals surface area contributed by atoms with Crippen LogP contribution >= 0.6 is 12.4 Å². The first kappa shape index (κ1) is 15.3. The van der Waals surface area contributed by atoms with Crippen molar-refractivity contribution in [2.75, 3.05) is 13.1 Å². The lowest BCUT2D eigenvalue weighted by Crippen LogP contribution is -2.31. The van der Waals surface area contributed by atoms with Gasteiger partial charge in [0, 0.05) is 18.2 Å². The van der Waals surface area contributed by atoms with Gasteiger partial charge in [-0.25, -0.2) is 0 Å². The average Bonchev–Trinajstić information content (AvgIpc) is 2.29. The van der Waals surface area contributed by atoms with E-state index in [0.717, 1.165) is 0 Å². The maximum Gasteiger partial charge on any atom is 0.272 e. The number of hydrogen-bond donors (Lipinski definition) is 2. The highest BCUT2D eigenvalue weighted by molar-refractivity contribution is 5.85. The molecule has 0 heterocycles. The summed E-state index contributed by atoms with van der Waals surface area (Å²) in [4.78, 5) is 21.1. The van der Waals surface area contributed by atoms with E-state index in [0.29, 0.717) is 18.5 Å². The van der Waals surface area contributed by atoms with Crippen LogP contribution in [0, 0.1) is 10.1 Å². The quantitative estimate of drug-likeness (QED) is 0.599. The van der Waals surface area contributed by atoms with Crippen molar-refractivity contribution in [2.24, 2.45) is 5.73 Å².